The van der Waals surface area contributed by atoms with Gasteiger partial charge in [-0.1, -0.05) is 0 Å². The molecule has 0 aromatic heterocycles. The van der Waals surface area contributed by atoms with Crippen LogP contribution in [-0.2, 0) is 19.2 Å². The first-order chi connectivity index (χ1) is 39.7. The molecular weight excluding hydrogens is 1110 g/mol. The zero-order chi connectivity index (χ0) is 61.2. The maximum Gasteiger partial charge on any atom is 0.255 e. The Balaban J connectivity index is 1.55. The maximum atomic E-state index is 14.3. The number of nitrogens with one attached hydrogen (secondary N) is 7. The summed E-state index contributed by atoms with van der Waals surface area (Å²) in [6.45, 7) is 1.21. The number of carbonyl (C=O) groups is 8. The standard InChI is InChI=1S/C56H79N13O12S2/c1-78-43-18-14-31(25-35(43)49(62)70)64-54(75)40(11-5-8-22-57)67-51(72)37-27-33(16-20-45(37)80-3)66-56(77)42(13-7-10-24-59)69-52(73)38-28-34(17-21-46(38)81-4)65-55(76)41(12-6-9-23-58)68-50(71)36-26-32(15-19-44(36)79-2)63-53(74)39(61)29-47(82)48(83)30-60/h14-21,25-28,39-42,47-48,82-83H,5-13,22-24,29-30,57-61H2,1-4H3,(H2,62,70)(H,63,74)(H,64,75)(H,65,76)(H,66,77)(H,67,72)(H,68,71)(H,69,73)/t39-,40-,41-,42-,47?,48?/m0/s1. The molecule has 0 heterocycles. The highest BCUT2D eigenvalue weighted by molar-refractivity contribution is 7.85. The molecule has 2 unspecified atom stereocenters. The fourth-order valence-electron chi connectivity index (χ4n) is 8.47. The van der Waals surface area contributed by atoms with Crippen LogP contribution in [0.4, 0.5) is 22.7 Å². The van der Waals surface area contributed by atoms with E-state index in [1.54, 1.807) is 0 Å². The first kappa shape index (κ1) is 67.8. The van der Waals surface area contributed by atoms with E-state index in [1.807, 2.05) is 0 Å². The predicted molar refractivity (Wildman–Crippen MR) is 325 cm³/mol. The number of carbonyl (C=O) groups excluding carboxylic acids is 8. The van der Waals surface area contributed by atoms with Crippen molar-refractivity contribution in [2.45, 2.75) is 98.9 Å². The number of rotatable bonds is 35. The SMILES string of the molecule is COc1ccc(NC(=O)[C@H](CCCCN)NC(=O)c2cc(NC(=O)[C@H](CCCCN)NC(=O)c3cc(NC(=O)[C@H](CCCCN)NC(=O)c4cc(NC(=O)[C@@H](N)CC(S)C(S)CN)ccc4OC)ccc3OC)ccc2OC)cc1C(N)=O. The third-order valence-electron chi connectivity index (χ3n) is 13.1. The molecule has 4 rings (SSSR count). The zero-order valence-electron chi connectivity index (χ0n) is 47.0. The minimum absolute atomic E-state index is 0.00236. The van der Waals surface area contributed by atoms with Crippen molar-refractivity contribution in [3.05, 3.63) is 95.1 Å². The first-order valence-corrected chi connectivity index (χ1v) is 27.9. The minimum Gasteiger partial charge on any atom is -0.496 e. The number of benzene rings is 4. The molecule has 0 saturated heterocycles. The van der Waals surface area contributed by atoms with Crippen LogP contribution in [0.2, 0.25) is 0 Å². The van der Waals surface area contributed by atoms with E-state index >= 15 is 0 Å². The van der Waals surface area contributed by atoms with Crippen molar-refractivity contribution in [3.63, 3.8) is 0 Å². The van der Waals surface area contributed by atoms with Gasteiger partial charge in [-0.2, -0.15) is 25.3 Å². The van der Waals surface area contributed by atoms with Crippen molar-refractivity contribution in [2.75, 3.05) is 75.9 Å². The van der Waals surface area contributed by atoms with Gasteiger partial charge in [0.25, 0.3) is 23.6 Å². The lowest BCUT2D eigenvalue weighted by atomic mass is 10.1. The molecule has 0 bridgehead atoms. The van der Waals surface area contributed by atoms with Gasteiger partial charge in [-0.3, -0.25) is 38.4 Å². The molecule has 0 spiro atoms. The molecular formula is C56H79N13O12S2. The first-order valence-electron chi connectivity index (χ1n) is 26.9. The van der Waals surface area contributed by atoms with Gasteiger partial charge in [0, 0.05) is 39.8 Å². The number of methoxy groups -OCH3 is 4. The third kappa shape index (κ3) is 20.6. The van der Waals surface area contributed by atoms with Gasteiger partial charge in [0.15, 0.2) is 0 Å². The Morgan fingerprint density at radius 3 is 1.00 bits per heavy atom. The van der Waals surface area contributed by atoms with Gasteiger partial charge >= 0.3 is 0 Å². The number of ether oxygens (including phenoxy) is 4. The zero-order valence-corrected chi connectivity index (χ0v) is 48.8. The topological polar surface area (TPSA) is 414 Å². The summed E-state index contributed by atoms with van der Waals surface area (Å²) in [5.41, 5.74) is 35.3. The van der Waals surface area contributed by atoms with Crippen LogP contribution in [0.15, 0.2) is 72.8 Å². The number of thiol groups is 2. The molecule has 27 heteroatoms. The number of unbranched alkanes of at least 4 members (excludes halogenated alkanes) is 3. The quantitative estimate of drug-likeness (QED) is 0.0232. The number of amides is 8. The van der Waals surface area contributed by atoms with E-state index in [2.05, 4.69) is 62.5 Å². The Morgan fingerprint density at radius 1 is 0.434 bits per heavy atom. The van der Waals surface area contributed by atoms with Crippen LogP contribution < -0.4 is 90.6 Å². The Morgan fingerprint density at radius 2 is 0.723 bits per heavy atom. The number of hydrogen-bond donors (Lipinski definition) is 15. The highest BCUT2D eigenvalue weighted by Gasteiger charge is 2.29. The summed E-state index contributed by atoms with van der Waals surface area (Å²) >= 11 is 8.84. The minimum atomic E-state index is -1.18. The largest absolute Gasteiger partial charge is 0.496 e. The third-order valence-corrected chi connectivity index (χ3v) is 14.5. The van der Waals surface area contributed by atoms with E-state index < -0.39 is 71.4 Å². The van der Waals surface area contributed by atoms with Crippen molar-refractivity contribution in [1.82, 2.24) is 16.0 Å². The van der Waals surface area contributed by atoms with E-state index in [4.69, 9.17) is 53.3 Å². The Kier molecular flexibility index (Phi) is 28.4. The van der Waals surface area contributed by atoms with Gasteiger partial charge in [0.1, 0.15) is 41.1 Å². The van der Waals surface area contributed by atoms with Crippen molar-refractivity contribution < 1.29 is 57.3 Å². The van der Waals surface area contributed by atoms with E-state index in [0.717, 1.165) is 0 Å². The Labute approximate surface area is 493 Å². The van der Waals surface area contributed by atoms with Crippen LogP contribution in [-0.4, -0.2) is 137 Å². The van der Waals surface area contributed by atoms with Crippen molar-refractivity contribution in [2.24, 2.45) is 34.4 Å². The Bertz CT molecular complexity index is 2880. The second kappa shape index (κ2) is 34.7. The molecule has 0 saturated carbocycles. The second-order valence-corrected chi connectivity index (χ2v) is 20.5. The van der Waals surface area contributed by atoms with Crippen LogP contribution in [0.1, 0.15) is 106 Å². The van der Waals surface area contributed by atoms with Crippen molar-refractivity contribution >= 4 is 95.3 Å². The maximum absolute atomic E-state index is 14.3. The summed E-state index contributed by atoms with van der Waals surface area (Å²) in [6.07, 6.45) is 3.59. The summed E-state index contributed by atoms with van der Waals surface area (Å²) in [6, 6.07) is 13.0. The molecule has 0 fully saturated rings. The van der Waals surface area contributed by atoms with E-state index in [0.29, 0.717) is 58.2 Å². The van der Waals surface area contributed by atoms with Crippen LogP contribution in [0.5, 0.6) is 23.0 Å². The molecule has 8 amide bonds. The number of primary amides is 1. The van der Waals surface area contributed by atoms with Gasteiger partial charge < -0.3 is 90.6 Å². The van der Waals surface area contributed by atoms with Gasteiger partial charge in [-0.25, -0.2) is 0 Å². The Hall–Kier alpha value is -7.66. The average Bonchev–Trinajstić information content (AvgIpc) is 3.61. The molecule has 83 heavy (non-hydrogen) atoms. The monoisotopic (exact) mass is 1190 g/mol. The van der Waals surface area contributed by atoms with Gasteiger partial charge in [0.05, 0.1) is 56.7 Å². The summed E-state index contributed by atoms with van der Waals surface area (Å²) < 4.78 is 21.7. The second-order valence-electron chi connectivity index (χ2n) is 19.1. The number of hydrogen-bond acceptors (Lipinski definition) is 19. The number of anilines is 4. The van der Waals surface area contributed by atoms with Crippen LogP contribution in [0.25, 0.3) is 0 Å². The average molecular weight is 1190 g/mol. The summed E-state index contributed by atoms with van der Waals surface area (Å²) in [5.74, 6) is -4.83. The summed E-state index contributed by atoms with van der Waals surface area (Å²) in [5, 5.41) is 18.6. The lowest BCUT2D eigenvalue weighted by Gasteiger charge is -2.22. The molecule has 0 aliphatic carbocycles. The normalized spacial score (nSPS) is 13.1. The predicted octanol–water partition coefficient (Wildman–Crippen LogP) is 2.63. The molecule has 452 valence electrons. The lowest BCUT2D eigenvalue weighted by molar-refractivity contribution is -0.118. The van der Waals surface area contributed by atoms with Gasteiger partial charge in [-0.05, 0) is 157 Å². The summed E-state index contributed by atoms with van der Waals surface area (Å²) in [7, 11) is 5.42. The molecule has 25 nitrogen and oxygen atoms in total. The molecule has 19 N–H and O–H groups in total. The molecule has 0 aliphatic heterocycles. The van der Waals surface area contributed by atoms with Crippen molar-refractivity contribution in [3.8, 4) is 23.0 Å². The molecule has 4 aromatic rings. The smallest absolute Gasteiger partial charge is 0.255 e. The highest BCUT2D eigenvalue weighted by atomic mass is 32.1. The van der Waals surface area contributed by atoms with Crippen molar-refractivity contribution in [1.29, 1.82) is 0 Å². The van der Waals surface area contributed by atoms with E-state index in [-0.39, 0.29) is 111 Å². The fraction of sp³-hybridized carbons (Fsp3) is 0.429. The molecule has 0 aliphatic rings. The fourth-order valence-corrected chi connectivity index (χ4v) is 8.94. The van der Waals surface area contributed by atoms with Crippen LogP contribution in [0.3, 0.4) is 0 Å². The lowest BCUT2D eigenvalue weighted by Crippen LogP contribution is -2.44. The molecule has 4 aromatic carbocycles. The van der Waals surface area contributed by atoms with Gasteiger partial charge in [-0.15, -0.1) is 0 Å². The summed E-state index contributed by atoms with van der Waals surface area (Å²) in [4.78, 5) is 109. The highest BCUT2D eigenvalue weighted by Crippen LogP contribution is 2.28. The van der Waals surface area contributed by atoms with Crippen LogP contribution in [0, 0.1) is 0 Å². The van der Waals surface area contributed by atoms with E-state index in [1.165, 1.54) is 101 Å². The van der Waals surface area contributed by atoms with Gasteiger partial charge in [0.2, 0.25) is 23.6 Å². The number of nitrogens with two attached hydrogens (primary N) is 6. The molecule has 6 atom stereocenters. The van der Waals surface area contributed by atoms with E-state index in [9.17, 15) is 38.4 Å². The van der Waals surface area contributed by atoms with Crippen LogP contribution >= 0.6 is 25.3 Å². The molecule has 0 radical (unpaired) electrons.